The largest absolute Gasteiger partial charge is 0.490 e. The number of fused-ring (bicyclic) bond motifs is 1. The molecule has 13 heteroatoms. The maximum absolute atomic E-state index is 13.7. The van der Waals surface area contributed by atoms with Crippen molar-refractivity contribution in [2.24, 2.45) is 10.8 Å². The third-order valence-electron chi connectivity index (χ3n) is 9.56. The van der Waals surface area contributed by atoms with E-state index >= 15 is 0 Å². The molecular formula is C33H39F4N7O2. The van der Waals surface area contributed by atoms with E-state index in [0.29, 0.717) is 24.3 Å². The number of rotatable bonds is 10. The van der Waals surface area contributed by atoms with E-state index in [-0.39, 0.29) is 28.7 Å². The number of alkyl halides is 3. The van der Waals surface area contributed by atoms with Crippen LogP contribution < -0.4 is 14.4 Å². The minimum absolute atomic E-state index is 0.0128. The Morgan fingerprint density at radius 1 is 0.978 bits per heavy atom. The van der Waals surface area contributed by atoms with Gasteiger partial charge in [-0.1, -0.05) is 13.8 Å². The molecule has 9 nitrogen and oxygen atoms in total. The van der Waals surface area contributed by atoms with Crippen LogP contribution in [-0.4, -0.2) is 88.1 Å². The van der Waals surface area contributed by atoms with E-state index < -0.39 is 18.4 Å². The summed E-state index contributed by atoms with van der Waals surface area (Å²) in [5, 5.41) is 7.77. The summed E-state index contributed by atoms with van der Waals surface area (Å²) >= 11 is 0. The molecule has 0 amide bonds. The number of aromatic nitrogens is 4. The second kappa shape index (κ2) is 11.9. The van der Waals surface area contributed by atoms with E-state index in [2.05, 4.69) is 43.8 Å². The number of anilines is 1. The second-order valence-electron chi connectivity index (χ2n) is 14.2. The Kier molecular flexibility index (Phi) is 8.03. The number of pyridine rings is 1. The molecule has 3 fully saturated rings. The number of nitrogens with zero attached hydrogens (tertiary/aromatic N) is 7. The van der Waals surface area contributed by atoms with E-state index in [0.717, 1.165) is 75.4 Å². The van der Waals surface area contributed by atoms with Gasteiger partial charge in [0.15, 0.2) is 5.82 Å². The molecule has 0 bridgehead atoms. The Morgan fingerprint density at radius 3 is 2.52 bits per heavy atom. The van der Waals surface area contributed by atoms with Crippen LogP contribution in [0.15, 0.2) is 36.8 Å². The molecule has 1 saturated carbocycles. The van der Waals surface area contributed by atoms with Crippen molar-refractivity contribution in [3.63, 3.8) is 0 Å². The Bertz CT molecular complexity index is 1560. The zero-order chi connectivity index (χ0) is 32.1. The number of halogens is 4. The lowest BCUT2D eigenvalue weighted by atomic mass is 9.61. The van der Waals surface area contributed by atoms with Gasteiger partial charge in [-0.25, -0.2) is 9.37 Å². The maximum atomic E-state index is 13.7. The minimum atomic E-state index is -4.53. The summed E-state index contributed by atoms with van der Waals surface area (Å²) in [6.07, 6.45) is 1.24. The van der Waals surface area contributed by atoms with Crippen LogP contribution in [0.3, 0.4) is 0 Å². The van der Waals surface area contributed by atoms with E-state index in [9.17, 15) is 17.6 Å². The Balaban J connectivity index is 0.931. The van der Waals surface area contributed by atoms with Crippen molar-refractivity contribution in [2.75, 3.05) is 50.7 Å². The number of hydrogen-bond acceptors (Lipinski definition) is 9. The van der Waals surface area contributed by atoms with Crippen LogP contribution in [-0.2, 0) is 19.4 Å². The lowest BCUT2D eigenvalue weighted by Gasteiger charge is -2.58. The average Bonchev–Trinajstić information content (AvgIpc) is 2.94. The van der Waals surface area contributed by atoms with Gasteiger partial charge in [-0.2, -0.15) is 13.2 Å². The molecule has 5 heterocycles. The summed E-state index contributed by atoms with van der Waals surface area (Å²) in [6, 6.07) is 5.04. The number of likely N-dealkylation sites (tertiary alicyclic amines) is 1. The smallest absolute Gasteiger partial charge is 0.393 e. The third-order valence-corrected chi connectivity index (χ3v) is 9.56. The number of ether oxygens (including phenoxy) is 2. The van der Waals surface area contributed by atoms with Gasteiger partial charge in [0.2, 0.25) is 0 Å². The Labute approximate surface area is 265 Å². The van der Waals surface area contributed by atoms with Crippen LogP contribution in [0.2, 0.25) is 0 Å². The SMILES string of the molecule is CC1(C)CN(CCCN2CCc3nccc(OC4CC5(C4)CN(c4ncnnc4Oc4ccc(F)cc4CC(F)(F)F)C5)c3C2)C1. The predicted molar refractivity (Wildman–Crippen MR) is 162 cm³/mol. The van der Waals surface area contributed by atoms with E-state index in [1.165, 1.54) is 31.0 Å². The summed E-state index contributed by atoms with van der Waals surface area (Å²) in [6.45, 7) is 12.5. The zero-order valence-electron chi connectivity index (χ0n) is 26.2. The summed E-state index contributed by atoms with van der Waals surface area (Å²) in [7, 11) is 0. The van der Waals surface area contributed by atoms with Gasteiger partial charge in [0, 0.05) is 74.1 Å². The molecule has 0 unspecified atom stereocenters. The van der Waals surface area contributed by atoms with E-state index in [1.807, 2.05) is 17.2 Å². The molecule has 3 aliphatic heterocycles. The van der Waals surface area contributed by atoms with Crippen LogP contribution in [0.25, 0.3) is 0 Å². The fourth-order valence-corrected chi connectivity index (χ4v) is 7.60. The van der Waals surface area contributed by atoms with Gasteiger partial charge in [0.1, 0.15) is 29.7 Å². The van der Waals surface area contributed by atoms with Crippen molar-refractivity contribution >= 4 is 5.82 Å². The van der Waals surface area contributed by atoms with Crippen molar-refractivity contribution in [2.45, 2.75) is 64.8 Å². The molecule has 246 valence electrons. The fourth-order valence-electron chi connectivity index (χ4n) is 7.60. The summed E-state index contributed by atoms with van der Waals surface area (Å²) in [5.41, 5.74) is 2.54. The molecule has 0 radical (unpaired) electrons. The van der Waals surface area contributed by atoms with Crippen LogP contribution in [0.4, 0.5) is 23.4 Å². The number of hydrogen-bond donors (Lipinski definition) is 0. The second-order valence-corrected chi connectivity index (χ2v) is 14.2. The summed E-state index contributed by atoms with van der Waals surface area (Å²) in [4.78, 5) is 16.0. The van der Waals surface area contributed by atoms with Crippen molar-refractivity contribution in [1.29, 1.82) is 0 Å². The topological polar surface area (TPSA) is 79.7 Å². The zero-order valence-corrected chi connectivity index (χ0v) is 26.2. The van der Waals surface area contributed by atoms with Gasteiger partial charge < -0.3 is 19.3 Å². The summed E-state index contributed by atoms with van der Waals surface area (Å²) < 4.78 is 65.4. The lowest BCUT2D eigenvalue weighted by Crippen LogP contribution is -2.65. The first-order valence-electron chi connectivity index (χ1n) is 16.0. The quantitative estimate of drug-likeness (QED) is 0.269. The normalized spacial score (nSPS) is 20.9. The fraction of sp³-hybridized carbons (Fsp3) is 0.576. The van der Waals surface area contributed by atoms with Gasteiger partial charge >= 0.3 is 6.18 Å². The van der Waals surface area contributed by atoms with Crippen LogP contribution in [0.1, 0.15) is 49.9 Å². The van der Waals surface area contributed by atoms with Crippen molar-refractivity contribution in [3.05, 3.63) is 59.4 Å². The van der Waals surface area contributed by atoms with Crippen LogP contribution in [0.5, 0.6) is 17.4 Å². The molecule has 7 rings (SSSR count). The molecule has 0 N–H and O–H groups in total. The highest BCUT2D eigenvalue weighted by molar-refractivity contribution is 5.53. The molecule has 1 spiro atoms. The minimum Gasteiger partial charge on any atom is -0.490 e. The highest BCUT2D eigenvalue weighted by atomic mass is 19.4. The first kappa shape index (κ1) is 31.0. The van der Waals surface area contributed by atoms with Crippen LogP contribution >= 0.6 is 0 Å². The Morgan fingerprint density at radius 2 is 1.76 bits per heavy atom. The van der Waals surface area contributed by atoms with Gasteiger partial charge in [-0.3, -0.25) is 9.88 Å². The van der Waals surface area contributed by atoms with E-state index in [4.69, 9.17) is 9.47 Å². The standard InChI is InChI=1S/C33H39F4N7O2/c1-31(2)17-43(18-31)10-3-9-42-11-7-26-25(16-42)28(6-8-38-26)45-24-14-32(15-24)19-44(20-32)29-30(41-40-21-39-29)46-27-5-4-23(34)12-22(27)13-33(35,36)37/h4-6,8,12,21,24H,3,7,9-11,13-20H2,1-2H3. The van der Waals surface area contributed by atoms with Crippen molar-refractivity contribution < 1.29 is 27.0 Å². The van der Waals surface area contributed by atoms with Crippen LogP contribution in [0, 0.1) is 16.6 Å². The average molecular weight is 642 g/mol. The van der Waals surface area contributed by atoms with E-state index in [1.54, 1.807) is 0 Å². The lowest BCUT2D eigenvalue weighted by molar-refractivity contribution is -0.127. The predicted octanol–water partition coefficient (Wildman–Crippen LogP) is 5.44. The van der Waals surface area contributed by atoms with Gasteiger partial charge in [0.05, 0.1) is 6.42 Å². The molecule has 3 aromatic rings. The molecule has 1 aliphatic carbocycles. The third kappa shape index (κ3) is 6.76. The first-order chi connectivity index (χ1) is 21.9. The number of benzene rings is 1. The monoisotopic (exact) mass is 641 g/mol. The van der Waals surface area contributed by atoms with Crippen molar-refractivity contribution in [3.8, 4) is 17.4 Å². The molecule has 1 aromatic carbocycles. The van der Waals surface area contributed by atoms with Gasteiger partial charge in [-0.15, -0.1) is 10.2 Å². The van der Waals surface area contributed by atoms with Gasteiger partial charge in [0.25, 0.3) is 5.88 Å². The molecule has 2 aromatic heterocycles. The molecule has 46 heavy (non-hydrogen) atoms. The van der Waals surface area contributed by atoms with Crippen molar-refractivity contribution in [1.82, 2.24) is 30.0 Å². The highest BCUT2D eigenvalue weighted by Gasteiger charge is 2.54. The summed E-state index contributed by atoms with van der Waals surface area (Å²) in [5.74, 6) is 0.408. The molecule has 2 saturated heterocycles. The molecular weight excluding hydrogens is 602 g/mol. The Hall–Kier alpha value is -3.58. The molecule has 4 aliphatic rings. The first-order valence-corrected chi connectivity index (χ1v) is 16.0. The highest BCUT2D eigenvalue weighted by Crippen LogP contribution is 2.52. The maximum Gasteiger partial charge on any atom is 0.393 e. The molecule has 0 atom stereocenters. The van der Waals surface area contributed by atoms with Gasteiger partial charge in [-0.05, 0) is 62.0 Å².